The van der Waals surface area contributed by atoms with E-state index in [2.05, 4.69) is 22.6 Å². The highest BCUT2D eigenvalue weighted by Crippen LogP contribution is 2.43. The second-order valence-corrected chi connectivity index (χ2v) is 8.86. The smallest absolute Gasteiger partial charge is 0.324 e. The quantitative estimate of drug-likeness (QED) is 0.273. The molecule has 10 heteroatoms. The fraction of sp³-hybridized carbons (Fsp3) is 0.417. The number of rotatable bonds is 4. The number of hydrogen-bond acceptors (Lipinski definition) is 6. The van der Waals surface area contributed by atoms with Gasteiger partial charge in [0.05, 0.1) is 12.2 Å². The molecule has 5 N–H and O–H groups in total. The van der Waals surface area contributed by atoms with Crippen molar-refractivity contribution < 1.29 is 18.7 Å². The van der Waals surface area contributed by atoms with Gasteiger partial charge < -0.3 is 20.2 Å². The van der Waals surface area contributed by atoms with Gasteiger partial charge in [0.2, 0.25) is 5.96 Å². The van der Waals surface area contributed by atoms with Gasteiger partial charge in [0.15, 0.2) is 0 Å². The third-order valence-electron chi connectivity index (χ3n) is 6.52. The number of halogens is 1. The van der Waals surface area contributed by atoms with Gasteiger partial charge in [0.1, 0.15) is 18.2 Å². The second kappa shape index (κ2) is 10.3. The number of hydrazone groups is 1. The number of carbonyl (C=O) groups is 1. The van der Waals surface area contributed by atoms with Gasteiger partial charge in [-0.15, -0.1) is 5.10 Å². The van der Waals surface area contributed by atoms with Crippen LogP contribution >= 0.6 is 0 Å². The minimum atomic E-state index is -0.276. The number of guanidine groups is 1. The minimum Gasteiger partial charge on any atom is -0.489 e. The lowest BCUT2D eigenvalue weighted by Gasteiger charge is -2.38. The number of benzene rings is 2. The van der Waals surface area contributed by atoms with E-state index in [0.717, 1.165) is 35.6 Å². The molecule has 34 heavy (non-hydrogen) atoms. The number of nitrogens with two attached hydrogens (primary N) is 2. The van der Waals surface area contributed by atoms with Crippen molar-refractivity contribution in [3.63, 3.8) is 0 Å². The first kappa shape index (κ1) is 23.8. The highest BCUT2D eigenvalue weighted by atomic mass is 19.1. The number of urea groups is 1. The summed E-state index contributed by atoms with van der Waals surface area (Å²) >= 11 is 0. The van der Waals surface area contributed by atoms with Crippen LogP contribution in [0.25, 0.3) is 0 Å². The molecule has 0 radical (unpaired) electrons. The molecule has 182 valence electrons. The van der Waals surface area contributed by atoms with Gasteiger partial charge in [0.25, 0.3) is 0 Å². The summed E-state index contributed by atoms with van der Waals surface area (Å²) in [6.45, 7) is 2.21. The van der Waals surface area contributed by atoms with Crippen LogP contribution in [-0.2, 0) is 11.3 Å². The van der Waals surface area contributed by atoms with Crippen LogP contribution in [0.15, 0.2) is 53.6 Å². The van der Waals surface area contributed by atoms with Crippen molar-refractivity contribution >= 4 is 12.0 Å². The standard InChI is InChI=1S/C24H31FN6O3/c1-30(27)22(29-26)28-23(32)31-12-10-24(11-13-31)14-19(16-34-24)18-4-8-21(9-5-18)33-15-17-2-6-20(25)7-3-17/h2-9,19H,10-16,26-27H2,1H3,(H,28,29,32). The first-order chi connectivity index (χ1) is 16.4. The second-order valence-electron chi connectivity index (χ2n) is 8.86. The normalized spacial score (nSPS) is 19.8. The zero-order chi connectivity index (χ0) is 24.1. The Hall–Kier alpha value is -3.37. The Morgan fingerprint density at radius 2 is 1.91 bits per heavy atom. The van der Waals surface area contributed by atoms with Gasteiger partial charge in [-0.3, -0.25) is 10.3 Å². The number of likely N-dealkylation sites (tertiary alicyclic amines) is 1. The van der Waals surface area contributed by atoms with Gasteiger partial charge in [-0.2, -0.15) is 0 Å². The van der Waals surface area contributed by atoms with E-state index < -0.39 is 0 Å². The molecule has 1 spiro atoms. The Kier molecular flexibility index (Phi) is 7.18. The number of hydrazine groups is 1. The number of amides is 2. The summed E-state index contributed by atoms with van der Waals surface area (Å²) in [5, 5.41) is 7.27. The molecule has 2 heterocycles. The van der Waals surface area contributed by atoms with E-state index in [0.29, 0.717) is 32.2 Å². The Morgan fingerprint density at radius 1 is 1.24 bits per heavy atom. The summed E-state index contributed by atoms with van der Waals surface area (Å²) in [6, 6.07) is 14.1. The van der Waals surface area contributed by atoms with Gasteiger partial charge in [-0.1, -0.05) is 24.3 Å². The Balaban J connectivity index is 1.27. The maximum atomic E-state index is 13.0. The molecule has 0 saturated carbocycles. The first-order valence-corrected chi connectivity index (χ1v) is 11.3. The van der Waals surface area contributed by atoms with E-state index in [1.807, 2.05) is 12.1 Å². The average Bonchev–Trinajstić information content (AvgIpc) is 3.26. The fourth-order valence-electron chi connectivity index (χ4n) is 4.49. The van der Waals surface area contributed by atoms with Crippen LogP contribution in [-0.4, -0.2) is 54.2 Å². The van der Waals surface area contributed by atoms with Gasteiger partial charge in [0, 0.05) is 26.1 Å². The number of carbonyl (C=O) groups excluding carboxylic acids is 1. The maximum Gasteiger partial charge on any atom is 0.324 e. The molecule has 2 aromatic rings. The minimum absolute atomic E-state index is 0.104. The van der Waals surface area contributed by atoms with Crippen LogP contribution in [0.4, 0.5) is 9.18 Å². The molecule has 2 aliphatic rings. The van der Waals surface area contributed by atoms with Crippen molar-refractivity contribution in [1.82, 2.24) is 15.2 Å². The maximum absolute atomic E-state index is 13.0. The third-order valence-corrected chi connectivity index (χ3v) is 6.52. The molecule has 0 aliphatic carbocycles. The molecule has 2 saturated heterocycles. The third kappa shape index (κ3) is 5.57. The van der Waals surface area contributed by atoms with E-state index in [-0.39, 0.29) is 23.4 Å². The SMILES string of the molecule is CN(N)/C(=N\N)NC(=O)N1CCC2(CC1)CC(c1ccc(OCc3ccc(F)cc3)cc1)CO2. The molecule has 2 fully saturated rings. The number of hydrogen-bond donors (Lipinski definition) is 3. The molecule has 9 nitrogen and oxygen atoms in total. The van der Waals surface area contributed by atoms with Crippen molar-refractivity contribution in [1.29, 1.82) is 0 Å². The van der Waals surface area contributed by atoms with E-state index in [1.165, 1.54) is 17.7 Å². The largest absolute Gasteiger partial charge is 0.489 e. The highest BCUT2D eigenvalue weighted by Gasteiger charge is 2.43. The lowest BCUT2D eigenvalue weighted by molar-refractivity contribution is -0.0360. The van der Waals surface area contributed by atoms with Gasteiger partial charge in [-0.25, -0.2) is 15.0 Å². The molecular formula is C24H31FN6O3. The monoisotopic (exact) mass is 470 g/mol. The van der Waals surface area contributed by atoms with Crippen molar-refractivity contribution in [3.8, 4) is 5.75 Å². The van der Waals surface area contributed by atoms with Crippen LogP contribution in [0.3, 0.4) is 0 Å². The fourth-order valence-corrected chi connectivity index (χ4v) is 4.49. The molecule has 1 atom stereocenters. The zero-order valence-corrected chi connectivity index (χ0v) is 19.2. The van der Waals surface area contributed by atoms with Crippen LogP contribution in [0.5, 0.6) is 5.75 Å². The lowest BCUT2D eigenvalue weighted by atomic mass is 9.83. The molecular weight excluding hydrogens is 439 g/mol. The summed E-state index contributed by atoms with van der Waals surface area (Å²) in [5.74, 6) is 11.8. The van der Waals surface area contributed by atoms with Crippen LogP contribution in [0.1, 0.15) is 36.3 Å². The molecule has 2 aromatic carbocycles. The number of piperidine rings is 1. The number of nitrogens with one attached hydrogen (secondary N) is 1. The summed E-state index contributed by atoms with van der Waals surface area (Å²) in [5.41, 5.74) is 1.91. The molecule has 0 bridgehead atoms. The van der Waals surface area contributed by atoms with E-state index >= 15 is 0 Å². The molecule has 4 rings (SSSR count). The number of ether oxygens (including phenoxy) is 2. The Bertz CT molecular complexity index is 1000. The molecule has 2 amide bonds. The Morgan fingerprint density at radius 3 is 2.53 bits per heavy atom. The van der Waals surface area contributed by atoms with E-state index in [4.69, 9.17) is 21.2 Å². The van der Waals surface area contributed by atoms with Crippen LogP contribution in [0.2, 0.25) is 0 Å². The number of nitrogens with zero attached hydrogens (tertiary/aromatic N) is 3. The molecule has 1 unspecified atom stereocenters. The average molecular weight is 471 g/mol. The van der Waals surface area contributed by atoms with Crippen LogP contribution < -0.4 is 21.7 Å². The summed E-state index contributed by atoms with van der Waals surface area (Å²) < 4.78 is 25.1. The predicted molar refractivity (Wildman–Crippen MR) is 126 cm³/mol. The summed E-state index contributed by atoms with van der Waals surface area (Å²) in [7, 11) is 1.55. The first-order valence-electron chi connectivity index (χ1n) is 11.3. The molecule has 0 aromatic heterocycles. The van der Waals surface area contributed by atoms with Crippen molar-refractivity contribution in [2.24, 2.45) is 16.8 Å². The van der Waals surface area contributed by atoms with Crippen molar-refractivity contribution in [2.75, 3.05) is 26.7 Å². The van der Waals surface area contributed by atoms with Gasteiger partial charge in [-0.05, 0) is 54.7 Å². The highest BCUT2D eigenvalue weighted by molar-refractivity contribution is 5.95. The topological polar surface area (TPSA) is 118 Å². The van der Waals surface area contributed by atoms with Crippen molar-refractivity contribution in [3.05, 3.63) is 65.5 Å². The predicted octanol–water partition coefficient (Wildman–Crippen LogP) is 2.49. The van der Waals surface area contributed by atoms with Crippen LogP contribution in [0, 0.1) is 5.82 Å². The lowest BCUT2D eigenvalue weighted by Crippen LogP contribution is -2.54. The van der Waals surface area contributed by atoms with Gasteiger partial charge >= 0.3 is 6.03 Å². The van der Waals surface area contributed by atoms with Crippen molar-refractivity contribution in [2.45, 2.75) is 37.4 Å². The molecule has 2 aliphatic heterocycles. The Labute approximate surface area is 198 Å². The van der Waals surface area contributed by atoms with E-state index in [1.54, 1.807) is 24.1 Å². The summed E-state index contributed by atoms with van der Waals surface area (Å²) in [4.78, 5) is 14.2. The van der Waals surface area contributed by atoms with E-state index in [9.17, 15) is 9.18 Å². The zero-order valence-electron chi connectivity index (χ0n) is 19.2. The summed E-state index contributed by atoms with van der Waals surface area (Å²) in [6.07, 6.45) is 2.45.